The van der Waals surface area contributed by atoms with Gasteiger partial charge in [0.25, 0.3) is 5.91 Å². The van der Waals surface area contributed by atoms with Crippen LogP contribution in [-0.4, -0.2) is 86.7 Å². The molecule has 0 bridgehead atoms. The Hall–Kier alpha value is -2.97. The minimum Gasteiger partial charge on any atom is -0.477 e. The zero-order valence-electron chi connectivity index (χ0n) is 18.4. The summed E-state index contributed by atoms with van der Waals surface area (Å²) in [7, 11) is -4.00. The lowest BCUT2D eigenvalue weighted by Crippen LogP contribution is -2.51. The summed E-state index contributed by atoms with van der Waals surface area (Å²) in [5, 5.41) is 1.52. The molecule has 2 aliphatic rings. The van der Waals surface area contributed by atoms with Crippen LogP contribution in [0.5, 0.6) is 5.75 Å². The van der Waals surface area contributed by atoms with Crippen LogP contribution >= 0.6 is 0 Å². The van der Waals surface area contributed by atoms with Crippen molar-refractivity contribution < 1.29 is 49.5 Å². The number of rotatable bonds is 6. The van der Waals surface area contributed by atoms with Crippen LogP contribution in [0.2, 0.25) is 0 Å². The molecule has 1 atom stereocenters. The largest absolute Gasteiger partial charge is 0.477 e. The van der Waals surface area contributed by atoms with E-state index in [4.69, 9.17) is 4.74 Å². The van der Waals surface area contributed by atoms with Gasteiger partial charge in [0.15, 0.2) is 27.5 Å². The molecule has 0 saturated carbocycles. The summed E-state index contributed by atoms with van der Waals surface area (Å²) in [6.45, 7) is -0.266. The number of sulfone groups is 1. The molecular weight excluding hydrogens is 505 g/mol. The zero-order chi connectivity index (χ0) is 26.1. The lowest BCUT2D eigenvalue weighted by Gasteiger charge is -2.36. The second kappa shape index (κ2) is 9.95. The third kappa shape index (κ3) is 6.18. The molecule has 3 rings (SSSR count). The van der Waals surface area contributed by atoms with Gasteiger partial charge in [-0.2, -0.15) is 13.2 Å². The standard InChI is InChI=1S/C20H22F5N3O6S/c1-35(32,33)16-9-12(21)15(8-13(16)22)34-14-4-7-28(18(14)30)11-2-5-27(6-3-11)17(29)10-26-19(31)20(23,24)25/h8-9,11,14H,2-7,10H2,1H3,(H,26,31). The van der Waals surface area contributed by atoms with Gasteiger partial charge in [-0.25, -0.2) is 17.2 Å². The molecule has 2 aliphatic heterocycles. The van der Waals surface area contributed by atoms with Crippen LogP contribution in [0.4, 0.5) is 22.0 Å². The van der Waals surface area contributed by atoms with Gasteiger partial charge in [-0.3, -0.25) is 14.4 Å². The molecule has 2 fully saturated rings. The Morgan fingerprint density at radius 1 is 1.09 bits per heavy atom. The molecule has 0 radical (unpaired) electrons. The molecule has 3 amide bonds. The fourth-order valence-corrected chi connectivity index (χ4v) is 4.71. The molecule has 2 saturated heterocycles. The summed E-state index contributed by atoms with van der Waals surface area (Å²) in [6.07, 6.45) is -4.68. The average Bonchev–Trinajstić information content (AvgIpc) is 3.12. The number of halogens is 5. The maximum Gasteiger partial charge on any atom is 0.471 e. The van der Waals surface area contributed by atoms with Crippen molar-refractivity contribution in [2.75, 3.05) is 32.4 Å². The summed E-state index contributed by atoms with van der Waals surface area (Å²) >= 11 is 0. The number of carbonyl (C=O) groups is 3. The van der Waals surface area contributed by atoms with Gasteiger partial charge in [0.1, 0.15) is 10.7 Å². The van der Waals surface area contributed by atoms with Gasteiger partial charge in [0.2, 0.25) is 5.91 Å². The van der Waals surface area contributed by atoms with Crippen molar-refractivity contribution in [1.29, 1.82) is 0 Å². The molecule has 194 valence electrons. The van der Waals surface area contributed by atoms with E-state index in [1.54, 1.807) is 0 Å². The summed E-state index contributed by atoms with van der Waals surface area (Å²) in [5.41, 5.74) is 0. The topological polar surface area (TPSA) is 113 Å². The minimum absolute atomic E-state index is 0.146. The third-order valence-electron chi connectivity index (χ3n) is 5.76. The Morgan fingerprint density at radius 2 is 1.71 bits per heavy atom. The number of likely N-dealkylation sites (tertiary alicyclic amines) is 2. The zero-order valence-corrected chi connectivity index (χ0v) is 19.2. The van der Waals surface area contributed by atoms with E-state index >= 15 is 0 Å². The predicted octanol–water partition coefficient (Wildman–Crippen LogP) is 1.02. The second-order valence-electron chi connectivity index (χ2n) is 8.20. The average molecular weight is 527 g/mol. The number of amides is 3. The van der Waals surface area contributed by atoms with E-state index in [0.717, 1.165) is 6.26 Å². The number of benzene rings is 1. The van der Waals surface area contributed by atoms with Crippen molar-refractivity contribution >= 4 is 27.6 Å². The molecule has 0 aromatic heterocycles. The van der Waals surface area contributed by atoms with Crippen LogP contribution in [0.3, 0.4) is 0 Å². The minimum atomic E-state index is -5.09. The van der Waals surface area contributed by atoms with E-state index in [0.29, 0.717) is 25.0 Å². The smallest absolute Gasteiger partial charge is 0.471 e. The number of nitrogens with zero attached hydrogens (tertiary/aromatic N) is 2. The van der Waals surface area contributed by atoms with E-state index in [1.165, 1.54) is 15.1 Å². The van der Waals surface area contributed by atoms with E-state index in [-0.39, 0.29) is 32.1 Å². The van der Waals surface area contributed by atoms with Gasteiger partial charge in [0.05, 0.1) is 6.54 Å². The summed E-state index contributed by atoms with van der Waals surface area (Å²) in [6, 6.07) is 0.754. The molecule has 1 unspecified atom stereocenters. The van der Waals surface area contributed by atoms with Crippen molar-refractivity contribution in [3.8, 4) is 5.75 Å². The molecule has 1 aromatic carbocycles. The van der Waals surface area contributed by atoms with E-state index in [2.05, 4.69) is 0 Å². The molecule has 15 heteroatoms. The Kier molecular flexibility index (Phi) is 7.57. The maximum absolute atomic E-state index is 14.3. The van der Waals surface area contributed by atoms with Crippen LogP contribution in [0.1, 0.15) is 19.3 Å². The number of hydrogen-bond acceptors (Lipinski definition) is 6. The molecule has 2 heterocycles. The summed E-state index contributed by atoms with van der Waals surface area (Å²) < 4.78 is 93.4. The number of piperidine rings is 1. The molecule has 1 N–H and O–H groups in total. The van der Waals surface area contributed by atoms with Crippen molar-refractivity contribution in [2.45, 2.75) is 42.5 Å². The Labute approximate surface area is 197 Å². The number of nitrogens with one attached hydrogen (secondary N) is 1. The van der Waals surface area contributed by atoms with Crippen LogP contribution in [-0.2, 0) is 24.2 Å². The quantitative estimate of drug-likeness (QED) is 0.553. The summed E-state index contributed by atoms with van der Waals surface area (Å²) in [4.78, 5) is 37.6. The van der Waals surface area contributed by atoms with Crippen molar-refractivity contribution in [1.82, 2.24) is 15.1 Å². The van der Waals surface area contributed by atoms with Gasteiger partial charge < -0.3 is 19.9 Å². The highest BCUT2D eigenvalue weighted by molar-refractivity contribution is 7.90. The SMILES string of the molecule is CS(=O)(=O)c1cc(F)c(OC2CCN(C3CCN(C(=O)CNC(=O)C(F)(F)F)CC3)C2=O)cc1F. The monoisotopic (exact) mass is 527 g/mol. The maximum atomic E-state index is 14.3. The number of hydrogen-bond donors (Lipinski definition) is 1. The van der Waals surface area contributed by atoms with Crippen LogP contribution in [0.25, 0.3) is 0 Å². The van der Waals surface area contributed by atoms with Crippen molar-refractivity contribution in [3.05, 3.63) is 23.8 Å². The van der Waals surface area contributed by atoms with Gasteiger partial charge in [0, 0.05) is 44.4 Å². The van der Waals surface area contributed by atoms with Crippen LogP contribution < -0.4 is 10.1 Å². The fraction of sp³-hybridized carbons (Fsp3) is 0.550. The number of ether oxygens (including phenoxy) is 1. The molecule has 1 aromatic rings. The van der Waals surface area contributed by atoms with E-state index < -0.39 is 68.7 Å². The predicted molar refractivity (Wildman–Crippen MR) is 109 cm³/mol. The van der Waals surface area contributed by atoms with Gasteiger partial charge in [-0.1, -0.05) is 0 Å². The molecular formula is C20H22F5N3O6S. The lowest BCUT2D eigenvalue weighted by molar-refractivity contribution is -0.174. The van der Waals surface area contributed by atoms with Crippen LogP contribution in [0, 0.1) is 11.6 Å². The van der Waals surface area contributed by atoms with E-state index in [9.17, 15) is 44.8 Å². The first-order valence-corrected chi connectivity index (χ1v) is 12.4. The third-order valence-corrected chi connectivity index (χ3v) is 6.87. The normalized spacial score (nSPS) is 19.7. The molecule has 9 nitrogen and oxygen atoms in total. The number of carbonyl (C=O) groups excluding carboxylic acids is 3. The second-order valence-corrected chi connectivity index (χ2v) is 10.2. The lowest BCUT2D eigenvalue weighted by atomic mass is 10.0. The van der Waals surface area contributed by atoms with Gasteiger partial charge in [-0.15, -0.1) is 0 Å². The Morgan fingerprint density at radius 3 is 2.29 bits per heavy atom. The highest BCUT2D eigenvalue weighted by Gasteiger charge is 2.41. The number of alkyl halides is 3. The Bertz CT molecular complexity index is 1120. The molecule has 35 heavy (non-hydrogen) atoms. The van der Waals surface area contributed by atoms with Crippen LogP contribution in [0.15, 0.2) is 17.0 Å². The first kappa shape index (κ1) is 26.6. The first-order valence-electron chi connectivity index (χ1n) is 10.5. The highest BCUT2D eigenvalue weighted by atomic mass is 32.2. The van der Waals surface area contributed by atoms with E-state index in [1.807, 2.05) is 0 Å². The van der Waals surface area contributed by atoms with Gasteiger partial charge in [-0.05, 0) is 18.9 Å². The van der Waals surface area contributed by atoms with Crippen molar-refractivity contribution in [3.63, 3.8) is 0 Å². The van der Waals surface area contributed by atoms with Gasteiger partial charge >= 0.3 is 12.1 Å². The summed E-state index contributed by atoms with van der Waals surface area (Å²) in [5.74, 6) is -6.34. The molecule has 0 spiro atoms. The molecule has 0 aliphatic carbocycles. The van der Waals surface area contributed by atoms with Crippen molar-refractivity contribution in [2.24, 2.45) is 0 Å². The first-order chi connectivity index (χ1) is 16.2. The fourth-order valence-electron chi connectivity index (χ4n) is 3.98. The highest BCUT2D eigenvalue weighted by Crippen LogP contribution is 2.29. The Balaban J connectivity index is 1.54.